The van der Waals surface area contributed by atoms with Crippen molar-refractivity contribution in [3.63, 3.8) is 0 Å². The highest BCUT2D eigenvalue weighted by Gasteiger charge is 2.17. The maximum atomic E-state index is 9.74. The predicted octanol–water partition coefficient (Wildman–Crippen LogP) is 2.73. The molecule has 2 aromatic rings. The second kappa shape index (κ2) is 7.60. The molecule has 0 saturated heterocycles. The molecule has 0 aliphatic carbocycles. The van der Waals surface area contributed by atoms with Crippen molar-refractivity contribution in [2.75, 3.05) is 20.8 Å². The summed E-state index contributed by atoms with van der Waals surface area (Å²) < 4.78 is 5.16. The Balaban J connectivity index is 2.18. The van der Waals surface area contributed by atoms with Crippen LogP contribution in [0.5, 0.6) is 5.75 Å². The van der Waals surface area contributed by atoms with Gasteiger partial charge in [0, 0.05) is 6.54 Å². The molecule has 2 aromatic carbocycles. The summed E-state index contributed by atoms with van der Waals surface area (Å²) in [5.41, 5.74) is 2.64. The van der Waals surface area contributed by atoms with Gasteiger partial charge in [-0.15, -0.1) is 0 Å². The van der Waals surface area contributed by atoms with Crippen molar-refractivity contribution in [1.82, 2.24) is 4.90 Å². The molecule has 0 aliphatic rings. The highest BCUT2D eigenvalue weighted by molar-refractivity contribution is 5.37. The molecule has 4 nitrogen and oxygen atoms in total. The number of hydrogen-bond donors (Lipinski definition) is 1. The third-order valence-corrected chi connectivity index (χ3v) is 3.76. The lowest BCUT2D eigenvalue weighted by Gasteiger charge is -2.27. The zero-order chi connectivity index (χ0) is 15.9. The predicted molar refractivity (Wildman–Crippen MR) is 85.4 cm³/mol. The SMILES string of the molecule is COc1ccc(C(CO)N(C)Cc2ccccc2C#N)cc1. The molecule has 22 heavy (non-hydrogen) atoms. The molecule has 0 saturated carbocycles. The van der Waals surface area contributed by atoms with Crippen molar-refractivity contribution >= 4 is 0 Å². The van der Waals surface area contributed by atoms with Crippen LogP contribution in [-0.4, -0.2) is 30.8 Å². The van der Waals surface area contributed by atoms with E-state index in [9.17, 15) is 10.4 Å². The van der Waals surface area contributed by atoms with E-state index in [1.807, 2.05) is 60.5 Å². The quantitative estimate of drug-likeness (QED) is 0.890. The third-order valence-electron chi connectivity index (χ3n) is 3.76. The summed E-state index contributed by atoms with van der Waals surface area (Å²) in [4.78, 5) is 2.04. The van der Waals surface area contributed by atoms with Crippen LogP contribution in [0.4, 0.5) is 0 Å². The summed E-state index contributed by atoms with van der Waals surface area (Å²) in [6.07, 6.45) is 0. The first-order valence-corrected chi connectivity index (χ1v) is 7.12. The van der Waals surface area contributed by atoms with Gasteiger partial charge in [-0.25, -0.2) is 0 Å². The molecule has 0 amide bonds. The van der Waals surface area contributed by atoms with Crippen LogP contribution in [0.3, 0.4) is 0 Å². The van der Waals surface area contributed by atoms with Gasteiger partial charge in [-0.2, -0.15) is 5.26 Å². The van der Waals surface area contributed by atoms with E-state index in [0.29, 0.717) is 12.1 Å². The van der Waals surface area contributed by atoms with E-state index >= 15 is 0 Å². The highest BCUT2D eigenvalue weighted by atomic mass is 16.5. The summed E-state index contributed by atoms with van der Waals surface area (Å²) in [5, 5.41) is 18.9. The Morgan fingerprint density at radius 3 is 2.45 bits per heavy atom. The Kier molecular flexibility index (Phi) is 5.54. The number of benzene rings is 2. The summed E-state index contributed by atoms with van der Waals surface area (Å²) in [7, 11) is 3.57. The molecule has 1 atom stereocenters. The molecule has 0 radical (unpaired) electrons. The van der Waals surface area contributed by atoms with E-state index in [-0.39, 0.29) is 12.6 Å². The minimum absolute atomic E-state index is 0.0115. The number of rotatable bonds is 6. The van der Waals surface area contributed by atoms with Crippen molar-refractivity contribution in [2.24, 2.45) is 0 Å². The molecule has 1 N–H and O–H groups in total. The standard InChI is InChI=1S/C18H20N2O2/c1-20(12-16-6-4-3-5-15(16)11-19)18(13-21)14-7-9-17(22-2)10-8-14/h3-10,18,21H,12-13H2,1-2H3. The van der Waals surface area contributed by atoms with Crippen molar-refractivity contribution in [2.45, 2.75) is 12.6 Å². The Hall–Kier alpha value is -2.35. The second-order valence-corrected chi connectivity index (χ2v) is 5.16. The van der Waals surface area contributed by atoms with Crippen LogP contribution in [0, 0.1) is 11.3 Å². The van der Waals surface area contributed by atoms with Crippen LogP contribution < -0.4 is 4.74 Å². The maximum absolute atomic E-state index is 9.74. The molecule has 1 unspecified atom stereocenters. The van der Waals surface area contributed by atoms with Gasteiger partial charge in [-0.05, 0) is 36.4 Å². The zero-order valence-electron chi connectivity index (χ0n) is 12.9. The van der Waals surface area contributed by atoms with Crippen molar-refractivity contribution < 1.29 is 9.84 Å². The van der Waals surface area contributed by atoms with Gasteiger partial charge in [-0.1, -0.05) is 30.3 Å². The Morgan fingerprint density at radius 1 is 1.18 bits per heavy atom. The fourth-order valence-corrected chi connectivity index (χ4v) is 2.47. The smallest absolute Gasteiger partial charge is 0.118 e. The summed E-state index contributed by atoms with van der Waals surface area (Å²) in [6.45, 7) is 0.610. The van der Waals surface area contributed by atoms with Crippen LogP contribution >= 0.6 is 0 Å². The highest BCUT2D eigenvalue weighted by Crippen LogP contribution is 2.24. The monoisotopic (exact) mass is 296 g/mol. The van der Waals surface area contributed by atoms with Crippen LogP contribution in [0.15, 0.2) is 48.5 Å². The summed E-state index contributed by atoms with van der Waals surface area (Å²) >= 11 is 0. The molecule has 4 heteroatoms. The molecule has 0 fully saturated rings. The molecule has 0 aromatic heterocycles. The zero-order valence-corrected chi connectivity index (χ0v) is 12.9. The van der Waals surface area contributed by atoms with Gasteiger partial charge in [0.25, 0.3) is 0 Å². The first kappa shape index (κ1) is 16.0. The van der Waals surface area contributed by atoms with Gasteiger partial charge in [0.15, 0.2) is 0 Å². The number of nitriles is 1. The number of ether oxygens (including phenoxy) is 1. The minimum atomic E-state index is -0.127. The molecule has 2 rings (SSSR count). The van der Waals surface area contributed by atoms with Crippen molar-refractivity contribution in [3.8, 4) is 11.8 Å². The van der Waals surface area contributed by atoms with E-state index in [1.54, 1.807) is 7.11 Å². The third kappa shape index (κ3) is 3.64. The van der Waals surface area contributed by atoms with Crippen LogP contribution in [0.2, 0.25) is 0 Å². The maximum Gasteiger partial charge on any atom is 0.118 e. The van der Waals surface area contributed by atoms with E-state index in [2.05, 4.69) is 6.07 Å². The Morgan fingerprint density at radius 2 is 1.86 bits per heavy atom. The van der Waals surface area contributed by atoms with E-state index in [1.165, 1.54) is 0 Å². The van der Waals surface area contributed by atoms with E-state index in [0.717, 1.165) is 16.9 Å². The molecular formula is C18H20N2O2. The van der Waals surface area contributed by atoms with Gasteiger partial charge in [0.2, 0.25) is 0 Å². The van der Waals surface area contributed by atoms with Crippen molar-refractivity contribution in [1.29, 1.82) is 5.26 Å². The number of aliphatic hydroxyl groups excluding tert-OH is 1. The lowest BCUT2D eigenvalue weighted by Crippen LogP contribution is -2.27. The van der Waals surface area contributed by atoms with Gasteiger partial charge < -0.3 is 9.84 Å². The molecule has 0 aliphatic heterocycles. The minimum Gasteiger partial charge on any atom is -0.497 e. The first-order valence-electron chi connectivity index (χ1n) is 7.12. The first-order chi connectivity index (χ1) is 10.7. The van der Waals surface area contributed by atoms with Gasteiger partial charge in [-0.3, -0.25) is 4.90 Å². The fraction of sp³-hybridized carbons (Fsp3) is 0.278. The van der Waals surface area contributed by atoms with Crippen LogP contribution in [-0.2, 0) is 6.54 Å². The van der Waals surface area contributed by atoms with Crippen molar-refractivity contribution in [3.05, 3.63) is 65.2 Å². The fourth-order valence-electron chi connectivity index (χ4n) is 2.47. The number of hydrogen-bond acceptors (Lipinski definition) is 4. The molecule has 0 bridgehead atoms. The summed E-state index contributed by atoms with van der Waals surface area (Å²) in [6, 6.07) is 17.3. The van der Waals surface area contributed by atoms with E-state index < -0.39 is 0 Å². The number of methoxy groups -OCH3 is 1. The molecule has 0 heterocycles. The Labute approximate surface area is 131 Å². The lowest BCUT2D eigenvalue weighted by atomic mass is 10.0. The lowest BCUT2D eigenvalue weighted by molar-refractivity contribution is 0.142. The average Bonchev–Trinajstić information content (AvgIpc) is 2.56. The number of aliphatic hydroxyl groups is 1. The van der Waals surface area contributed by atoms with Gasteiger partial charge >= 0.3 is 0 Å². The van der Waals surface area contributed by atoms with Gasteiger partial charge in [0.05, 0.1) is 31.4 Å². The number of nitrogens with zero attached hydrogens (tertiary/aromatic N) is 2. The average molecular weight is 296 g/mol. The second-order valence-electron chi connectivity index (χ2n) is 5.16. The molecular weight excluding hydrogens is 276 g/mol. The largest absolute Gasteiger partial charge is 0.497 e. The van der Waals surface area contributed by atoms with Gasteiger partial charge in [0.1, 0.15) is 5.75 Å². The number of likely N-dealkylation sites (N-methyl/N-ethyl adjacent to an activating group) is 1. The summed E-state index contributed by atoms with van der Waals surface area (Å²) in [5.74, 6) is 0.790. The normalized spacial score (nSPS) is 12.0. The topological polar surface area (TPSA) is 56.5 Å². The van der Waals surface area contributed by atoms with Crippen LogP contribution in [0.1, 0.15) is 22.7 Å². The molecule has 0 spiro atoms. The van der Waals surface area contributed by atoms with E-state index in [4.69, 9.17) is 4.74 Å². The van der Waals surface area contributed by atoms with Crippen LogP contribution in [0.25, 0.3) is 0 Å². The molecule has 114 valence electrons. The Bertz CT molecular complexity index is 647.